The molecule has 0 aliphatic rings. The molecule has 0 spiro atoms. The molecule has 1 aromatic carbocycles. The van der Waals surface area contributed by atoms with Crippen LogP contribution in [0.4, 0.5) is 0 Å². The Morgan fingerprint density at radius 3 is 2.82 bits per heavy atom. The summed E-state index contributed by atoms with van der Waals surface area (Å²) in [4.78, 5) is 11.8. The highest BCUT2D eigenvalue weighted by molar-refractivity contribution is 6.30. The summed E-state index contributed by atoms with van der Waals surface area (Å²) < 4.78 is 5.12. The SMILES string of the molecule is CNCCCNC(=O)c1ccc(Cl)cc1OC. The Labute approximate surface area is 106 Å². The lowest BCUT2D eigenvalue weighted by atomic mass is 10.2. The molecule has 0 aliphatic carbocycles. The number of carbonyl (C=O) groups is 1. The van der Waals surface area contributed by atoms with Crippen molar-refractivity contribution in [3.63, 3.8) is 0 Å². The average Bonchev–Trinajstić information content (AvgIpc) is 2.34. The fourth-order valence-electron chi connectivity index (χ4n) is 1.41. The van der Waals surface area contributed by atoms with Crippen molar-refractivity contribution in [1.82, 2.24) is 10.6 Å². The third-order valence-corrected chi connectivity index (χ3v) is 2.53. The van der Waals surface area contributed by atoms with Crippen molar-refractivity contribution in [2.24, 2.45) is 0 Å². The molecule has 1 rings (SSSR count). The van der Waals surface area contributed by atoms with Gasteiger partial charge in [-0.25, -0.2) is 0 Å². The summed E-state index contributed by atoms with van der Waals surface area (Å²) >= 11 is 5.83. The van der Waals surface area contributed by atoms with Gasteiger partial charge in [0, 0.05) is 11.6 Å². The van der Waals surface area contributed by atoms with Crippen LogP contribution in [-0.2, 0) is 0 Å². The van der Waals surface area contributed by atoms with E-state index in [2.05, 4.69) is 10.6 Å². The van der Waals surface area contributed by atoms with E-state index in [-0.39, 0.29) is 5.91 Å². The zero-order valence-electron chi connectivity index (χ0n) is 10.0. The van der Waals surface area contributed by atoms with Gasteiger partial charge in [-0.1, -0.05) is 11.6 Å². The van der Waals surface area contributed by atoms with E-state index in [0.29, 0.717) is 22.9 Å². The highest BCUT2D eigenvalue weighted by Crippen LogP contribution is 2.22. The first-order valence-corrected chi connectivity index (χ1v) is 5.83. The van der Waals surface area contributed by atoms with Gasteiger partial charge in [0.05, 0.1) is 12.7 Å². The molecule has 0 saturated heterocycles. The maximum absolute atomic E-state index is 11.8. The lowest BCUT2D eigenvalue weighted by Crippen LogP contribution is -2.26. The summed E-state index contributed by atoms with van der Waals surface area (Å²) in [5.41, 5.74) is 0.501. The van der Waals surface area contributed by atoms with Crippen LogP contribution in [0.1, 0.15) is 16.8 Å². The van der Waals surface area contributed by atoms with Crippen molar-refractivity contribution in [3.05, 3.63) is 28.8 Å². The van der Waals surface area contributed by atoms with Gasteiger partial charge < -0.3 is 15.4 Å². The number of halogens is 1. The van der Waals surface area contributed by atoms with E-state index in [0.717, 1.165) is 13.0 Å². The van der Waals surface area contributed by atoms with Crippen LogP contribution in [0.2, 0.25) is 5.02 Å². The zero-order valence-corrected chi connectivity index (χ0v) is 10.8. The standard InChI is InChI=1S/C12H17ClN2O2/c1-14-6-3-7-15-12(16)10-5-4-9(13)8-11(10)17-2/h4-5,8,14H,3,6-7H2,1-2H3,(H,15,16). The molecule has 0 radical (unpaired) electrons. The lowest BCUT2D eigenvalue weighted by Gasteiger charge is -2.09. The van der Waals surface area contributed by atoms with E-state index in [1.165, 1.54) is 7.11 Å². The summed E-state index contributed by atoms with van der Waals surface area (Å²) in [7, 11) is 3.40. The monoisotopic (exact) mass is 256 g/mol. The Morgan fingerprint density at radius 2 is 2.18 bits per heavy atom. The molecule has 17 heavy (non-hydrogen) atoms. The van der Waals surface area contributed by atoms with Crippen molar-refractivity contribution in [2.75, 3.05) is 27.2 Å². The number of rotatable bonds is 6. The number of ether oxygens (including phenoxy) is 1. The van der Waals surface area contributed by atoms with Crippen LogP contribution >= 0.6 is 11.6 Å². The Kier molecular flexibility index (Phi) is 5.80. The van der Waals surface area contributed by atoms with Crippen LogP contribution in [0.5, 0.6) is 5.75 Å². The maximum Gasteiger partial charge on any atom is 0.255 e. The average molecular weight is 257 g/mol. The summed E-state index contributed by atoms with van der Waals surface area (Å²) in [6, 6.07) is 4.96. The van der Waals surface area contributed by atoms with E-state index in [1.807, 2.05) is 7.05 Å². The Balaban J connectivity index is 2.62. The first-order valence-electron chi connectivity index (χ1n) is 5.45. The van der Waals surface area contributed by atoms with E-state index in [4.69, 9.17) is 16.3 Å². The summed E-state index contributed by atoms with van der Waals surface area (Å²) in [6.07, 6.45) is 0.887. The number of carbonyl (C=O) groups excluding carboxylic acids is 1. The van der Waals surface area contributed by atoms with E-state index >= 15 is 0 Å². The molecule has 1 aromatic rings. The molecular weight excluding hydrogens is 240 g/mol. The minimum atomic E-state index is -0.144. The molecule has 94 valence electrons. The van der Waals surface area contributed by atoms with Gasteiger partial charge in [-0.05, 0) is 38.2 Å². The Morgan fingerprint density at radius 1 is 1.41 bits per heavy atom. The van der Waals surface area contributed by atoms with E-state index < -0.39 is 0 Å². The van der Waals surface area contributed by atoms with Crippen LogP contribution < -0.4 is 15.4 Å². The molecular formula is C12H17ClN2O2. The fourth-order valence-corrected chi connectivity index (χ4v) is 1.58. The quantitative estimate of drug-likeness (QED) is 0.762. The first-order chi connectivity index (χ1) is 8.19. The number of methoxy groups -OCH3 is 1. The van der Waals surface area contributed by atoms with Crippen LogP contribution in [0.3, 0.4) is 0 Å². The van der Waals surface area contributed by atoms with Gasteiger partial charge in [0.1, 0.15) is 5.75 Å². The summed E-state index contributed by atoms with van der Waals surface area (Å²) in [6.45, 7) is 1.50. The lowest BCUT2D eigenvalue weighted by molar-refractivity contribution is 0.0950. The van der Waals surface area contributed by atoms with Crippen molar-refractivity contribution in [1.29, 1.82) is 0 Å². The molecule has 0 aliphatic heterocycles. The largest absolute Gasteiger partial charge is 0.496 e. The second-order valence-corrected chi connectivity index (χ2v) is 3.99. The summed E-state index contributed by atoms with van der Waals surface area (Å²) in [5, 5.41) is 6.39. The molecule has 0 heterocycles. The highest BCUT2D eigenvalue weighted by Gasteiger charge is 2.11. The van der Waals surface area contributed by atoms with Gasteiger partial charge in [0.25, 0.3) is 5.91 Å². The number of benzene rings is 1. The normalized spacial score (nSPS) is 10.1. The van der Waals surface area contributed by atoms with Crippen molar-refractivity contribution in [2.45, 2.75) is 6.42 Å². The molecule has 0 unspecified atom stereocenters. The number of amides is 1. The molecule has 4 nitrogen and oxygen atoms in total. The van der Waals surface area contributed by atoms with Crippen molar-refractivity contribution in [3.8, 4) is 5.75 Å². The van der Waals surface area contributed by atoms with E-state index in [1.54, 1.807) is 18.2 Å². The number of nitrogens with one attached hydrogen (secondary N) is 2. The van der Waals surface area contributed by atoms with Gasteiger partial charge in [0.2, 0.25) is 0 Å². The van der Waals surface area contributed by atoms with Gasteiger partial charge in [-0.15, -0.1) is 0 Å². The predicted molar refractivity (Wildman–Crippen MR) is 68.9 cm³/mol. The molecule has 0 saturated carbocycles. The number of hydrogen-bond acceptors (Lipinski definition) is 3. The van der Waals surface area contributed by atoms with Crippen LogP contribution in [0.15, 0.2) is 18.2 Å². The van der Waals surface area contributed by atoms with E-state index in [9.17, 15) is 4.79 Å². The number of hydrogen-bond donors (Lipinski definition) is 2. The maximum atomic E-state index is 11.8. The Hall–Kier alpha value is -1.26. The van der Waals surface area contributed by atoms with Gasteiger partial charge in [-0.3, -0.25) is 4.79 Å². The van der Waals surface area contributed by atoms with Crippen LogP contribution in [-0.4, -0.2) is 33.2 Å². The minimum absolute atomic E-state index is 0.144. The van der Waals surface area contributed by atoms with Crippen LogP contribution in [0, 0.1) is 0 Å². The highest BCUT2D eigenvalue weighted by atomic mass is 35.5. The van der Waals surface area contributed by atoms with Crippen molar-refractivity contribution < 1.29 is 9.53 Å². The molecule has 5 heteroatoms. The molecule has 0 atom stereocenters. The second kappa shape index (κ2) is 7.14. The second-order valence-electron chi connectivity index (χ2n) is 3.56. The minimum Gasteiger partial charge on any atom is -0.496 e. The Bertz CT molecular complexity index is 383. The fraction of sp³-hybridized carbons (Fsp3) is 0.417. The smallest absolute Gasteiger partial charge is 0.255 e. The molecule has 0 fully saturated rings. The van der Waals surface area contributed by atoms with Gasteiger partial charge >= 0.3 is 0 Å². The van der Waals surface area contributed by atoms with Gasteiger partial charge in [0.15, 0.2) is 0 Å². The third-order valence-electron chi connectivity index (χ3n) is 2.30. The van der Waals surface area contributed by atoms with Crippen molar-refractivity contribution >= 4 is 17.5 Å². The molecule has 0 aromatic heterocycles. The molecule has 0 bridgehead atoms. The predicted octanol–water partition coefficient (Wildman–Crippen LogP) is 1.69. The zero-order chi connectivity index (χ0) is 12.7. The summed E-state index contributed by atoms with van der Waals surface area (Å²) in [5.74, 6) is 0.346. The molecule has 2 N–H and O–H groups in total. The first kappa shape index (κ1) is 13.8. The van der Waals surface area contributed by atoms with Crippen LogP contribution in [0.25, 0.3) is 0 Å². The topological polar surface area (TPSA) is 50.4 Å². The third kappa shape index (κ3) is 4.24. The molecule has 1 amide bonds. The van der Waals surface area contributed by atoms with Gasteiger partial charge in [-0.2, -0.15) is 0 Å².